The molecular formula is C24H23ClFN3O4S. The Balaban J connectivity index is 1.41. The van der Waals surface area contributed by atoms with Crippen molar-refractivity contribution in [3.8, 4) is 5.75 Å². The number of anilines is 2. The molecular weight excluding hydrogens is 481 g/mol. The first-order chi connectivity index (χ1) is 16.3. The lowest BCUT2D eigenvalue weighted by Gasteiger charge is -2.36. The van der Waals surface area contributed by atoms with Gasteiger partial charge in [-0.25, -0.2) is 12.8 Å². The Morgan fingerprint density at radius 1 is 1.00 bits per heavy atom. The van der Waals surface area contributed by atoms with Crippen molar-refractivity contribution in [1.29, 1.82) is 0 Å². The van der Waals surface area contributed by atoms with Crippen LogP contribution in [-0.4, -0.2) is 52.5 Å². The minimum atomic E-state index is -3.93. The molecule has 10 heteroatoms. The molecule has 0 radical (unpaired) electrons. The number of halogens is 2. The van der Waals surface area contributed by atoms with Gasteiger partial charge in [-0.3, -0.25) is 9.52 Å². The second kappa shape index (κ2) is 9.90. The number of methoxy groups -OCH3 is 1. The van der Waals surface area contributed by atoms with Crippen LogP contribution in [0.5, 0.6) is 5.75 Å². The minimum absolute atomic E-state index is 0.0227. The second-order valence-corrected chi connectivity index (χ2v) is 9.80. The van der Waals surface area contributed by atoms with Crippen molar-refractivity contribution >= 4 is 38.9 Å². The van der Waals surface area contributed by atoms with Crippen LogP contribution < -0.4 is 14.4 Å². The summed E-state index contributed by atoms with van der Waals surface area (Å²) in [6, 6.07) is 17.0. The number of ether oxygens (including phenoxy) is 1. The van der Waals surface area contributed by atoms with Gasteiger partial charge in [-0.05, 0) is 54.6 Å². The first-order valence-electron chi connectivity index (χ1n) is 10.5. The average molecular weight is 504 g/mol. The quantitative estimate of drug-likeness (QED) is 0.544. The number of nitrogens with one attached hydrogen (secondary N) is 1. The van der Waals surface area contributed by atoms with E-state index in [0.29, 0.717) is 31.7 Å². The Labute approximate surface area is 202 Å². The van der Waals surface area contributed by atoms with Crippen LogP contribution in [0.25, 0.3) is 0 Å². The van der Waals surface area contributed by atoms with Gasteiger partial charge in [-0.15, -0.1) is 0 Å². The number of benzene rings is 3. The maximum atomic E-state index is 13.3. The van der Waals surface area contributed by atoms with Gasteiger partial charge in [-0.2, -0.15) is 0 Å². The number of hydrogen-bond acceptors (Lipinski definition) is 5. The molecule has 0 atom stereocenters. The third kappa shape index (κ3) is 5.10. The maximum Gasteiger partial charge on any atom is 0.261 e. The zero-order valence-electron chi connectivity index (χ0n) is 18.4. The number of sulfonamides is 1. The summed E-state index contributed by atoms with van der Waals surface area (Å²) in [6.07, 6.45) is 0. The molecule has 0 aliphatic carbocycles. The summed E-state index contributed by atoms with van der Waals surface area (Å²) in [5, 5.41) is -0.188. The van der Waals surface area contributed by atoms with Crippen LogP contribution in [0.15, 0.2) is 71.6 Å². The molecule has 0 unspecified atom stereocenters. The van der Waals surface area contributed by atoms with Crippen LogP contribution in [0.2, 0.25) is 5.02 Å². The van der Waals surface area contributed by atoms with E-state index in [9.17, 15) is 17.6 Å². The minimum Gasteiger partial charge on any atom is -0.495 e. The molecule has 7 nitrogen and oxygen atoms in total. The van der Waals surface area contributed by atoms with Crippen molar-refractivity contribution in [2.24, 2.45) is 0 Å². The monoisotopic (exact) mass is 503 g/mol. The van der Waals surface area contributed by atoms with Crippen LogP contribution in [0.3, 0.4) is 0 Å². The zero-order chi connectivity index (χ0) is 24.3. The number of carbonyl (C=O) groups is 1. The Hall–Kier alpha value is -3.30. The Morgan fingerprint density at radius 3 is 2.32 bits per heavy atom. The van der Waals surface area contributed by atoms with Crippen molar-refractivity contribution in [2.75, 3.05) is 42.9 Å². The van der Waals surface area contributed by atoms with Gasteiger partial charge < -0.3 is 14.5 Å². The van der Waals surface area contributed by atoms with Crippen LogP contribution in [0, 0.1) is 5.82 Å². The molecule has 3 aromatic carbocycles. The highest BCUT2D eigenvalue weighted by molar-refractivity contribution is 7.92. The van der Waals surface area contributed by atoms with Crippen molar-refractivity contribution in [3.63, 3.8) is 0 Å². The summed E-state index contributed by atoms with van der Waals surface area (Å²) in [4.78, 5) is 16.8. The summed E-state index contributed by atoms with van der Waals surface area (Å²) in [5.74, 6) is -0.0197. The zero-order valence-corrected chi connectivity index (χ0v) is 19.9. The number of carbonyl (C=O) groups excluding carboxylic acids is 1. The first kappa shape index (κ1) is 23.8. The number of nitrogens with zero attached hydrogens (tertiary/aromatic N) is 2. The van der Waals surface area contributed by atoms with Crippen molar-refractivity contribution < 1.29 is 22.3 Å². The lowest BCUT2D eigenvalue weighted by Crippen LogP contribution is -2.48. The molecule has 178 valence electrons. The number of piperazine rings is 1. The average Bonchev–Trinajstić information content (AvgIpc) is 2.86. The van der Waals surface area contributed by atoms with E-state index in [4.69, 9.17) is 16.3 Å². The number of para-hydroxylation sites is 2. The first-order valence-corrected chi connectivity index (χ1v) is 12.4. The van der Waals surface area contributed by atoms with Crippen molar-refractivity contribution in [2.45, 2.75) is 4.90 Å². The number of rotatable bonds is 6. The molecule has 1 aliphatic heterocycles. The third-order valence-electron chi connectivity index (χ3n) is 5.58. The highest BCUT2D eigenvalue weighted by Gasteiger charge is 2.24. The maximum absolute atomic E-state index is 13.3. The smallest absolute Gasteiger partial charge is 0.261 e. The molecule has 1 N–H and O–H groups in total. The highest BCUT2D eigenvalue weighted by Crippen LogP contribution is 2.28. The van der Waals surface area contributed by atoms with E-state index < -0.39 is 15.8 Å². The number of hydrogen-bond donors (Lipinski definition) is 1. The second-order valence-electron chi connectivity index (χ2n) is 7.71. The highest BCUT2D eigenvalue weighted by atomic mass is 35.5. The van der Waals surface area contributed by atoms with E-state index in [1.54, 1.807) is 12.0 Å². The molecule has 0 aromatic heterocycles. The van der Waals surface area contributed by atoms with Crippen molar-refractivity contribution in [1.82, 2.24) is 4.90 Å². The van der Waals surface area contributed by atoms with Crippen LogP contribution in [-0.2, 0) is 10.0 Å². The van der Waals surface area contributed by atoms with E-state index in [2.05, 4.69) is 9.62 Å². The summed E-state index contributed by atoms with van der Waals surface area (Å²) in [5.41, 5.74) is 1.52. The lowest BCUT2D eigenvalue weighted by atomic mass is 10.1. The Bertz CT molecular complexity index is 1290. The van der Waals surface area contributed by atoms with Gasteiger partial charge >= 0.3 is 0 Å². The Morgan fingerprint density at radius 2 is 1.68 bits per heavy atom. The molecule has 1 heterocycles. The van der Waals surface area contributed by atoms with Gasteiger partial charge in [0.2, 0.25) is 0 Å². The van der Waals surface area contributed by atoms with Crippen LogP contribution >= 0.6 is 11.6 Å². The van der Waals surface area contributed by atoms with Crippen molar-refractivity contribution in [3.05, 3.63) is 83.1 Å². The van der Waals surface area contributed by atoms with Gasteiger partial charge in [-0.1, -0.05) is 23.7 Å². The molecule has 1 amide bonds. The molecule has 4 rings (SSSR count). The number of amides is 1. The summed E-state index contributed by atoms with van der Waals surface area (Å²) in [7, 11) is -2.30. The predicted molar refractivity (Wildman–Crippen MR) is 130 cm³/mol. The van der Waals surface area contributed by atoms with Gasteiger partial charge in [0.1, 0.15) is 11.6 Å². The third-order valence-corrected chi connectivity index (χ3v) is 7.26. The lowest BCUT2D eigenvalue weighted by molar-refractivity contribution is 0.0746. The van der Waals surface area contributed by atoms with Crippen LogP contribution in [0.4, 0.5) is 15.8 Å². The molecule has 0 bridgehead atoms. The van der Waals surface area contributed by atoms with E-state index >= 15 is 0 Å². The fraction of sp³-hybridized carbons (Fsp3) is 0.208. The fourth-order valence-electron chi connectivity index (χ4n) is 3.77. The normalized spacial score (nSPS) is 14.1. The molecule has 3 aromatic rings. The summed E-state index contributed by atoms with van der Waals surface area (Å²) < 4.78 is 46.4. The Kier molecular flexibility index (Phi) is 6.95. The summed E-state index contributed by atoms with van der Waals surface area (Å²) >= 11 is 5.72. The molecule has 0 saturated carbocycles. The molecule has 0 spiro atoms. The van der Waals surface area contributed by atoms with Gasteiger partial charge in [0.05, 0.1) is 28.4 Å². The molecule has 34 heavy (non-hydrogen) atoms. The fourth-order valence-corrected chi connectivity index (χ4v) is 5.00. The largest absolute Gasteiger partial charge is 0.495 e. The molecule has 1 aliphatic rings. The topological polar surface area (TPSA) is 79.0 Å². The standard InChI is InChI=1S/C24H23ClFN3O4S/c1-33-23-5-3-2-4-22(23)28-12-14-29(15-13-28)24(30)17-6-9-19(10-7-17)34(31,32)27-18-8-11-21(26)20(25)16-18/h2-11,16,27H,12-15H2,1H3. The van der Waals surface area contributed by atoms with E-state index in [0.717, 1.165) is 17.5 Å². The van der Waals surface area contributed by atoms with E-state index in [-0.39, 0.29) is 21.5 Å². The van der Waals surface area contributed by atoms with Gasteiger partial charge in [0.15, 0.2) is 0 Å². The van der Waals surface area contributed by atoms with Gasteiger partial charge in [0.25, 0.3) is 15.9 Å². The van der Waals surface area contributed by atoms with Crippen LogP contribution in [0.1, 0.15) is 10.4 Å². The SMILES string of the molecule is COc1ccccc1N1CCN(C(=O)c2ccc(S(=O)(=O)Nc3ccc(F)c(Cl)c3)cc2)CC1. The van der Waals surface area contributed by atoms with E-state index in [1.807, 2.05) is 24.3 Å². The summed E-state index contributed by atoms with van der Waals surface area (Å²) in [6.45, 7) is 2.37. The predicted octanol–water partition coefficient (Wildman–Crippen LogP) is 4.25. The van der Waals surface area contributed by atoms with Gasteiger partial charge in [0, 0.05) is 31.7 Å². The van der Waals surface area contributed by atoms with E-state index in [1.165, 1.54) is 36.4 Å². The molecule has 1 saturated heterocycles. The molecule has 1 fully saturated rings.